The Morgan fingerprint density at radius 2 is 1.89 bits per heavy atom. The van der Waals surface area contributed by atoms with Gasteiger partial charge in [-0.2, -0.15) is 13.2 Å². The van der Waals surface area contributed by atoms with Crippen LogP contribution < -0.4 is 5.32 Å². The summed E-state index contributed by atoms with van der Waals surface area (Å²) < 4.78 is 36.8. The maximum atomic E-state index is 12.3. The van der Waals surface area contributed by atoms with Crippen molar-refractivity contribution in [1.82, 2.24) is 0 Å². The zero-order valence-electron chi connectivity index (χ0n) is 9.79. The number of amides is 1. The van der Waals surface area contributed by atoms with Crippen molar-refractivity contribution in [3.63, 3.8) is 0 Å². The van der Waals surface area contributed by atoms with E-state index in [2.05, 4.69) is 5.32 Å². The van der Waals surface area contributed by atoms with Crippen molar-refractivity contribution in [3.8, 4) is 0 Å². The van der Waals surface area contributed by atoms with E-state index in [1.165, 1.54) is 12.1 Å². The molecule has 6 heteroatoms. The third-order valence-corrected chi connectivity index (χ3v) is 2.29. The predicted octanol–water partition coefficient (Wildman–Crippen LogP) is 2.80. The number of hydrogen-bond donors (Lipinski definition) is 2. The van der Waals surface area contributed by atoms with Crippen LogP contribution in [0.3, 0.4) is 0 Å². The van der Waals surface area contributed by atoms with Gasteiger partial charge in [0, 0.05) is 12.1 Å². The van der Waals surface area contributed by atoms with Crippen LogP contribution in [0.15, 0.2) is 24.3 Å². The summed E-state index contributed by atoms with van der Waals surface area (Å²) in [6.45, 7) is 1.56. The molecular weight excluding hydrogens is 247 g/mol. The van der Waals surface area contributed by atoms with Crippen LogP contribution in [0.5, 0.6) is 0 Å². The van der Waals surface area contributed by atoms with Crippen LogP contribution in [0.4, 0.5) is 18.9 Å². The Morgan fingerprint density at radius 3 is 2.33 bits per heavy atom. The molecule has 1 aromatic rings. The molecule has 0 aliphatic rings. The number of nitrogens with one attached hydrogen (secondary N) is 1. The molecule has 1 aromatic carbocycles. The fourth-order valence-electron chi connectivity index (χ4n) is 1.31. The molecule has 3 nitrogen and oxygen atoms in total. The fourth-order valence-corrected chi connectivity index (χ4v) is 1.31. The number of hydrogen-bond acceptors (Lipinski definition) is 2. The van der Waals surface area contributed by atoms with Crippen LogP contribution in [0.2, 0.25) is 0 Å². The Morgan fingerprint density at radius 1 is 1.33 bits per heavy atom. The van der Waals surface area contributed by atoms with Gasteiger partial charge < -0.3 is 10.4 Å². The molecule has 0 saturated carbocycles. The molecule has 0 aliphatic heterocycles. The van der Waals surface area contributed by atoms with E-state index < -0.39 is 17.8 Å². The lowest BCUT2D eigenvalue weighted by atomic mass is 10.2. The number of halogens is 3. The molecule has 1 atom stereocenters. The molecule has 0 heterocycles. The van der Waals surface area contributed by atoms with Crippen molar-refractivity contribution in [2.75, 3.05) is 5.32 Å². The summed E-state index contributed by atoms with van der Waals surface area (Å²) in [5.41, 5.74) is -0.455. The quantitative estimate of drug-likeness (QED) is 0.875. The van der Waals surface area contributed by atoms with Crippen LogP contribution in [0.25, 0.3) is 0 Å². The highest BCUT2D eigenvalue weighted by atomic mass is 19.4. The highest BCUT2D eigenvalue weighted by Gasteiger charge is 2.29. The first kappa shape index (κ1) is 14.5. The second-order valence-corrected chi connectivity index (χ2v) is 4.01. The minimum absolute atomic E-state index is 0.124. The molecule has 0 bridgehead atoms. The number of carbonyl (C=O) groups is 1. The Bertz CT molecular complexity index is 399. The van der Waals surface area contributed by atoms with E-state index >= 15 is 0 Å². The molecule has 0 aromatic heterocycles. The Labute approximate surface area is 103 Å². The molecule has 100 valence electrons. The number of carbonyl (C=O) groups excluding carboxylic acids is 1. The SMILES string of the molecule is CC(O)CCC(=O)Nc1ccc(C(F)(F)F)cc1. The van der Waals surface area contributed by atoms with E-state index in [1.807, 2.05) is 0 Å². The van der Waals surface area contributed by atoms with Gasteiger partial charge in [0.25, 0.3) is 0 Å². The van der Waals surface area contributed by atoms with E-state index in [0.717, 1.165) is 12.1 Å². The summed E-state index contributed by atoms with van der Waals surface area (Å²) >= 11 is 0. The number of aliphatic hydroxyl groups excluding tert-OH is 1. The maximum absolute atomic E-state index is 12.3. The normalized spacial score (nSPS) is 13.2. The lowest BCUT2D eigenvalue weighted by Gasteiger charge is -2.09. The zero-order chi connectivity index (χ0) is 13.8. The van der Waals surface area contributed by atoms with E-state index in [1.54, 1.807) is 6.92 Å². The van der Waals surface area contributed by atoms with Crippen molar-refractivity contribution in [1.29, 1.82) is 0 Å². The molecule has 0 radical (unpaired) electrons. The number of anilines is 1. The van der Waals surface area contributed by atoms with Crippen LogP contribution in [-0.4, -0.2) is 17.1 Å². The van der Waals surface area contributed by atoms with Gasteiger partial charge in [0.15, 0.2) is 0 Å². The number of benzene rings is 1. The molecule has 0 fully saturated rings. The Balaban J connectivity index is 2.56. The molecule has 0 spiro atoms. The van der Waals surface area contributed by atoms with E-state index in [-0.39, 0.29) is 12.3 Å². The maximum Gasteiger partial charge on any atom is 0.416 e. The topological polar surface area (TPSA) is 49.3 Å². The average molecular weight is 261 g/mol. The highest BCUT2D eigenvalue weighted by molar-refractivity contribution is 5.90. The lowest BCUT2D eigenvalue weighted by Crippen LogP contribution is -2.14. The molecule has 18 heavy (non-hydrogen) atoms. The standard InChI is InChI=1S/C12H14F3NO2/c1-8(17)2-7-11(18)16-10-5-3-9(4-6-10)12(13,14)15/h3-6,8,17H,2,7H2,1H3,(H,16,18). The first-order valence-electron chi connectivity index (χ1n) is 5.44. The summed E-state index contributed by atoms with van der Waals surface area (Å²) in [6.07, 6.45) is -4.52. The summed E-state index contributed by atoms with van der Waals surface area (Å²) in [5.74, 6) is -0.337. The first-order chi connectivity index (χ1) is 8.29. The molecule has 1 amide bonds. The van der Waals surface area contributed by atoms with Gasteiger partial charge in [-0.3, -0.25) is 4.79 Å². The smallest absolute Gasteiger partial charge is 0.393 e. The lowest BCUT2D eigenvalue weighted by molar-refractivity contribution is -0.137. The third-order valence-electron chi connectivity index (χ3n) is 2.29. The van der Waals surface area contributed by atoms with Crippen molar-refractivity contribution in [3.05, 3.63) is 29.8 Å². The largest absolute Gasteiger partial charge is 0.416 e. The minimum Gasteiger partial charge on any atom is -0.393 e. The monoisotopic (exact) mass is 261 g/mol. The number of rotatable bonds is 4. The highest BCUT2D eigenvalue weighted by Crippen LogP contribution is 2.29. The van der Waals surface area contributed by atoms with Crippen LogP contribution in [0.1, 0.15) is 25.3 Å². The number of aliphatic hydroxyl groups is 1. The zero-order valence-corrected chi connectivity index (χ0v) is 9.79. The minimum atomic E-state index is -4.38. The van der Waals surface area contributed by atoms with Gasteiger partial charge in [-0.15, -0.1) is 0 Å². The fraction of sp³-hybridized carbons (Fsp3) is 0.417. The van der Waals surface area contributed by atoms with Crippen LogP contribution in [0, 0.1) is 0 Å². The Hall–Kier alpha value is -1.56. The van der Waals surface area contributed by atoms with Crippen molar-refractivity contribution >= 4 is 11.6 Å². The van der Waals surface area contributed by atoms with Gasteiger partial charge in [-0.1, -0.05) is 0 Å². The Kier molecular flexibility index (Phi) is 4.72. The number of alkyl halides is 3. The summed E-state index contributed by atoms with van der Waals surface area (Å²) in [5, 5.41) is 11.4. The van der Waals surface area contributed by atoms with Gasteiger partial charge in [-0.05, 0) is 37.6 Å². The molecule has 0 aliphatic carbocycles. The average Bonchev–Trinajstić information content (AvgIpc) is 2.26. The first-order valence-corrected chi connectivity index (χ1v) is 5.44. The van der Waals surface area contributed by atoms with E-state index in [4.69, 9.17) is 5.11 Å². The van der Waals surface area contributed by atoms with Crippen molar-refractivity contribution < 1.29 is 23.1 Å². The molecular formula is C12H14F3NO2. The molecule has 0 saturated heterocycles. The summed E-state index contributed by atoms with van der Waals surface area (Å²) in [6, 6.07) is 4.21. The second-order valence-electron chi connectivity index (χ2n) is 4.01. The molecule has 2 N–H and O–H groups in total. The van der Waals surface area contributed by atoms with Gasteiger partial charge in [-0.25, -0.2) is 0 Å². The molecule has 1 unspecified atom stereocenters. The van der Waals surface area contributed by atoms with Gasteiger partial charge in [0.05, 0.1) is 11.7 Å². The van der Waals surface area contributed by atoms with E-state index in [0.29, 0.717) is 12.1 Å². The third kappa shape index (κ3) is 4.75. The predicted molar refractivity (Wildman–Crippen MR) is 61.0 cm³/mol. The van der Waals surface area contributed by atoms with Crippen molar-refractivity contribution in [2.24, 2.45) is 0 Å². The van der Waals surface area contributed by atoms with E-state index in [9.17, 15) is 18.0 Å². The van der Waals surface area contributed by atoms with Crippen molar-refractivity contribution in [2.45, 2.75) is 32.0 Å². The van der Waals surface area contributed by atoms with Crippen LogP contribution >= 0.6 is 0 Å². The summed E-state index contributed by atoms with van der Waals surface area (Å²) in [4.78, 5) is 11.4. The molecule has 1 rings (SSSR count). The van der Waals surface area contributed by atoms with Gasteiger partial charge in [0.2, 0.25) is 5.91 Å². The van der Waals surface area contributed by atoms with Gasteiger partial charge >= 0.3 is 6.18 Å². The second kappa shape index (κ2) is 5.86. The van der Waals surface area contributed by atoms with Gasteiger partial charge in [0.1, 0.15) is 0 Å². The van der Waals surface area contributed by atoms with Crippen LogP contribution in [-0.2, 0) is 11.0 Å². The summed E-state index contributed by atoms with van der Waals surface area (Å²) in [7, 11) is 0.